The van der Waals surface area contributed by atoms with Crippen LogP contribution in [0.15, 0.2) is 66.7 Å². The fourth-order valence-electron chi connectivity index (χ4n) is 2.60. The van der Waals surface area contributed by atoms with E-state index in [9.17, 15) is 9.59 Å². The molecule has 0 saturated heterocycles. The molecule has 0 aliphatic heterocycles. The average molecular weight is 363 g/mol. The second-order valence-corrected chi connectivity index (χ2v) is 6.10. The number of carbonyl (C=O) groups is 2. The van der Waals surface area contributed by atoms with Gasteiger partial charge in [-0.15, -0.1) is 0 Å². The van der Waals surface area contributed by atoms with Crippen LogP contribution in [0.5, 0.6) is 0 Å². The Balaban J connectivity index is 1.67. The molecule has 0 saturated carbocycles. The van der Waals surface area contributed by atoms with Gasteiger partial charge in [0, 0.05) is 23.9 Å². The molecule has 6 heteroatoms. The van der Waals surface area contributed by atoms with Crippen molar-refractivity contribution in [3.05, 3.63) is 72.3 Å². The number of hydrogen-bond donors (Lipinski definition) is 3. The molecule has 0 aliphatic rings. The number of hydrogen-bond acceptors (Lipinski definition) is 3. The molecule has 0 spiro atoms. The van der Waals surface area contributed by atoms with Crippen molar-refractivity contribution in [2.24, 2.45) is 0 Å². The van der Waals surface area contributed by atoms with Gasteiger partial charge in [-0.1, -0.05) is 36.4 Å². The maximum atomic E-state index is 12.5. The second kappa shape index (κ2) is 7.76. The summed E-state index contributed by atoms with van der Waals surface area (Å²) in [4.78, 5) is 23.6. The molecule has 26 heavy (non-hydrogen) atoms. The molecule has 0 bridgehead atoms. The molecule has 0 atom stereocenters. The van der Waals surface area contributed by atoms with E-state index >= 15 is 0 Å². The third-order valence-corrected chi connectivity index (χ3v) is 3.93. The Labute approximate surface area is 156 Å². The lowest BCUT2D eigenvalue weighted by Crippen LogP contribution is -2.34. The molecule has 0 fully saturated rings. The van der Waals surface area contributed by atoms with Crippen LogP contribution < -0.4 is 16.0 Å². The van der Waals surface area contributed by atoms with Crippen molar-refractivity contribution in [2.75, 3.05) is 10.6 Å². The van der Waals surface area contributed by atoms with Gasteiger partial charge in [-0.25, -0.2) is 0 Å². The summed E-state index contributed by atoms with van der Waals surface area (Å²) in [6.45, 7) is 1.45. The van der Waals surface area contributed by atoms with E-state index in [1.54, 1.807) is 30.3 Å². The fraction of sp³-hybridized carbons (Fsp3) is 0.0500. The van der Waals surface area contributed by atoms with E-state index in [1.165, 1.54) is 6.92 Å². The van der Waals surface area contributed by atoms with Gasteiger partial charge in [0.05, 0.1) is 0 Å². The first-order valence-electron chi connectivity index (χ1n) is 8.01. The van der Waals surface area contributed by atoms with Gasteiger partial charge in [-0.3, -0.25) is 14.9 Å². The minimum atomic E-state index is -0.269. The first-order chi connectivity index (χ1) is 12.5. The number of fused-ring (bicyclic) bond motifs is 1. The lowest BCUT2D eigenvalue weighted by molar-refractivity contribution is -0.114. The maximum absolute atomic E-state index is 12.5. The molecular weight excluding hydrogens is 346 g/mol. The first-order valence-corrected chi connectivity index (χ1v) is 8.41. The van der Waals surface area contributed by atoms with Crippen LogP contribution in [0.4, 0.5) is 11.4 Å². The standard InChI is InChI=1S/C20H17N3O2S/c1-13(24)21-15-9-11-16(12-10-15)22-20(26)23-19(25)18-8-4-6-14-5-2-3-7-17(14)18/h2-12H,1H3,(H,21,24)(H2,22,23,25,26). The van der Waals surface area contributed by atoms with E-state index in [1.807, 2.05) is 36.4 Å². The van der Waals surface area contributed by atoms with E-state index < -0.39 is 0 Å². The lowest BCUT2D eigenvalue weighted by atomic mass is 10.0. The Hall–Kier alpha value is -3.25. The molecule has 0 unspecified atom stereocenters. The summed E-state index contributed by atoms with van der Waals surface area (Å²) < 4.78 is 0. The molecule has 3 N–H and O–H groups in total. The summed E-state index contributed by atoms with van der Waals surface area (Å²) in [5.41, 5.74) is 1.96. The van der Waals surface area contributed by atoms with E-state index in [0.717, 1.165) is 10.8 Å². The lowest BCUT2D eigenvalue weighted by Gasteiger charge is -2.11. The van der Waals surface area contributed by atoms with Gasteiger partial charge in [0.1, 0.15) is 0 Å². The van der Waals surface area contributed by atoms with Crippen LogP contribution in [0.25, 0.3) is 10.8 Å². The van der Waals surface area contributed by atoms with Crippen LogP contribution in [0.3, 0.4) is 0 Å². The fourth-order valence-corrected chi connectivity index (χ4v) is 2.81. The second-order valence-electron chi connectivity index (χ2n) is 5.69. The minimum Gasteiger partial charge on any atom is -0.332 e. The zero-order valence-corrected chi connectivity index (χ0v) is 14.9. The molecule has 130 valence electrons. The molecule has 0 aliphatic carbocycles. The predicted molar refractivity (Wildman–Crippen MR) is 108 cm³/mol. The summed E-state index contributed by atoms with van der Waals surface area (Å²) in [6, 6.07) is 20.3. The van der Waals surface area contributed by atoms with Crippen molar-refractivity contribution < 1.29 is 9.59 Å². The summed E-state index contributed by atoms with van der Waals surface area (Å²) in [5, 5.41) is 10.4. The highest BCUT2D eigenvalue weighted by Gasteiger charge is 2.11. The van der Waals surface area contributed by atoms with Crippen LogP contribution in [-0.2, 0) is 4.79 Å². The topological polar surface area (TPSA) is 70.2 Å². The summed E-state index contributed by atoms with van der Waals surface area (Å²) in [6.07, 6.45) is 0. The maximum Gasteiger partial charge on any atom is 0.258 e. The molecule has 3 rings (SSSR count). The minimum absolute atomic E-state index is 0.136. The van der Waals surface area contributed by atoms with Crippen LogP contribution in [0.2, 0.25) is 0 Å². The third-order valence-electron chi connectivity index (χ3n) is 3.72. The summed E-state index contributed by atoms with van der Waals surface area (Å²) in [7, 11) is 0. The Morgan fingerprint density at radius 2 is 1.42 bits per heavy atom. The monoisotopic (exact) mass is 363 g/mol. The van der Waals surface area contributed by atoms with Crippen molar-refractivity contribution in [3.63, 3.8) is 0 Å². The van der Waals surface area contributed by atoms with Crippen molar-refractivity contribution in [1.82, 2.24) is 5.32 Å². The molecule has 5 nitrogen and oxygen atoms in total. The van der Waals surface area contributed by atoms with Crippen LogP contribution in [0.1, 0.15) is 17.3 Å². The number of nitrogens with one attached hydrogen (secondary N) is 3. The molecule has 0 radical (unpaired) electrons. The molecule has 0 heterocycles. The number of anilines is 2. The number of rotatable bonds is 3. The quantitative estimate of drug-likeness (QED) is 0.617. The average Bonchev–Trinajstić information content (AvgIpc) is 2.62. The number of thiocarbonyl (C=S) groups is 1. The highest BCUT2D eigenvalue weighted by Crippen LogP contribution is 2.18. The highest BCUT2D eigenvalue weighted by molar-refractivity contribution is 7.80. The van der Waals surface area contributed by atoms with E-state index in [0.29, 0.717) is 16.9 Å². The van der Waals surface area contributed by atoms with E-state index in [-0.39, 0.29) is 16.9 Å². The van der Waals surface area contributed by atoms with Gasteiger partial charge in [0.25, 0.3) is 5.91 Å². The molecule has 3 aromatic carbocycles. The number of carbonyl (C=O) groups excluding carboxylic acids is 2. The van der Waals surface area contributed by atoms with Crippen LogP contribution in [0, 0.1) is 0 Å². The van der Waals surface area contributed by atoms with Gasteiger partial charge < -0.3 is 10.6 Å². The SMILES string of the molecule is CC(=O)Nc1ccc(NC(=S)NC(=O)c2cccc3ccccc23)cc1. The molecule has 0 aromatic heterocycles. The van der Waals surface area contributed by atoms with Crippen molar-refractivity contribution in [2.45, 2.75) is 6.92 Å². The van der Waals surface area contributed by atoms with Crippen molar-refractivity contribution in [1.29, 1.82) is 0 Å². The van der Waals surface area contributed by atoms with E-state index in [4.69, 9.17) is 12.2 Å². The Morgan fingerprint density at radius 3 is 2.12 bits per heavy atom. The van der Waals surface area contributed by atoms with Crippen LogP contribution in [-0.4, -0.2) is 16.9 Å². The predicted octanol–water partition coefficient (Wildman–Crippen LogP) is 3.93. The van der Waals surface area contributed by atoms with Gasteiger partial charge >= 0.3 is 0 Å². The number of benzene rings is 3. The van der Waals surface area contributed by atoms with Crippen molar-refractivity contribution in [3.8, 4) is 0 Å². The van der Waals surface area contributed by atoms with Gasteiger partial charge in [-0.05, 0) is 53.3 Å². The Morgan fingerprint density at radius 1 is 0.808 bits per heavy atom. The summed E-state index contributed by atoms with van der Waals surface area (Å²) in [5.74, 6) is -0.405. The molecular formula is C20H17N3O2S. The highest BCUT2D eigenvalue weighted by atomic mass is 32.1. The molecule has 3 aromatic rings. The molecule has 2 amide bonds. The number of amides is 2. The Bertz CT molecular complexity index is 979. The largest absolute Gasteiger partial charge is 0.332 e. The zero-order valence-electron chi connectivity index (χ0n) is 14.1. The summed E-state index contributed by atoms with van der Waals surface area (Å²) >= 11 is 5.22. The normalized spacial score (nSPS) is 10.2. The smallest absolute Gasteiger partial charge is 0.258 e. The third kappa shape index (κ3) is 4.23. The zero-order chi connectivity index (χ0) is 18.5. The van der Waals surface area contributed by atoms with Gasteiger partial charge in [0.15, 0.2) is 5.11 Å². The first kappa shape index (κ1) is 17.6. The van der Waals surface area contributed by atoms with Gasteiger partial charge in [0.2, 0.25) is 5.91 Å². The van der Waals surface area contributed by atoms with E-state index in [2.05, 4.69) is 16.0 Å². The van der Waals surface area contributed by atoms with Gasteiger partial charge in [-0.2, -0.15) is 0 Å². The Kier molecular flexibility index (Phi) is 5.24. The van der Waals surface area contributed by atoms with Crippen LogP contribution >= 0.6 is 12.2 Å². The van der Waals surface area contributed by atoms with Crippen molar-refractivity contribution >= 4 is 51.3 Å².